The van der Waals surface area contributed by atoms with Crippen LogP contribution in [0.3, 0.4) is 0 Å². The maximum atomic E-state index is 10.3. The van der Waals surface area contributed by atoms with Gasteiger partial charge in [-0.25, -0.2) is 4.79 Å². The molecule has 5 N–H and O–H groups in total. The summed E-state index contributed by atoms with van der Waals surface area (Å²) < 4.78 is 0. The third-order valence-corrected chi connectivity index (χ3v) is 1.84. The minimum atomic E-state index is -0.536. The first kappa shape index (κ1) is 12.6. The average molecular weight is 229 g/mol. The Morgan fingerprint density at radius 2 is 1.35 bits per heavy atom. The Morgan fingerprint density at radius 3 is 1.71 bits per heavy atom. The third-order valence-electron chi connectivity index (χ3n) is 1.84. The zero-order chi connectivity index (χ0) is 12.5. The van der Waals surface area contributed by atoms with Gasteiger partial charge in [0.05, 0.1) is 0 Å². The molecule has 0 aliphatic carbocycles. The highest BCUT2D eigenvalue weighted by Gasteiger charge is 1.90. The molecule has 0 saturated carbocycles. The summed E-state index contributed by atoms with van der Waals surface area (Å²) in [6.07, 6.45) is 0. The summed E-state index contributed by atoms with van der Waals surface area (Å²) in [4.78, 5) is 10.3. The lowest BCUT2D eigenvalue weighted by atomic mass is 10.3. The lowest BCUT2D eigenvalue weighted by Crippen LogP contribution is -2.18. The second-order valence-corrected chi connectivity index (χ2v) is 3.27. The third kappa shape index (κ3) is 5.84. The van der Waals surface area contributed by atoms with Crippen molar-refractivity contribution in [1.82, 2.24) is 0 Å². The molecule has 0 heterocycles. The molecule has 0 aliphatic rings. The largest absolute Gasteiger partial charge is 0.399 e. The molecule has 2 rings (SSSR count). The van der Waals surface area contributed by atoms with E-state index in [2.05, 4.69) is 5.32 Å². The molecule has 88 valence electrons. The molecule has 2 amide bonds. The molecule has 4 heteroatoms. The maximum Gasteiger partial charge on any atom is 0.316 e. The molecule has 0 radical (unpaired) electrons. The van der Waals surface area contributed by atoms with E-state index in [0.29, 0.717) is 0 Å². The van der Waals surface area contributed by atoms with Crippen molar-refractivity contribution >= 4 is 17.4 Å². The fraction of sp³-hybridized carbons (Fsp3) is 0. The molecular weight excluding hydrogens is 214 g/mol. The Balaban J connectivity index is 0.000000181. The monoisotopic (exact) mass is 229 g/mol. The van der Waals surface area contributed by atoms with E-state index in [4.69, 9.17) is 11.5 Å². The van der Waals surface area contributed by atoms with E-state index < -0.39 is 6.03 Å². The van der Waals surface area contributed by atoms with Crippen LogP contribution in [0.2, 0.25) is 0 Å². The van der Waals surface area contributed by atoms with Gasteiger partial charge in [0.15, 0.2) is 0 Å². The first-order chi connectivity index (χ1) is 8.18. The van der Waals surface area contributed by atoms with Crippen LogP contribution in [0.5, 0.6) is 0 Å². The van der Waals surface area contributed by atoms with Crippen molar-refractivity contribution in [2.75, 3.05) is 11.1 Å². The molecule has 0 unspecified atom stereocenters. The predicted octanol–water partition coefficient (Wildman–Crippen LogP) is 2.45. The summed E-state index contributed by atoms with van der Waals surface area (Å²) in [7, 11) is 0. The number of hydrogen-bond acceptors (Lipinski definition) is 2. The van der Waals surface area contributed by atoms with Gasteiger partial charge in [-0.1, -0.05) is 36.4 Å². The highest BCUT2D eigenvalue weighted by atomic mass is 16.2. The van der Waals surface area contributed by atoms with Gasteiger partial charge in [0.1, 0.15) is 0 Å². The molecule has 4 nitrogen and oxygen atoms in total. The van der Waals surface area contributed by atoms with Crippen LogP contribution >= 0.6 is 0 Å². The quantitative estimate of drug-likeness (QED) is 0.656. The minimum absolute atomic E-state index is 0.536. The lowest BCUT2D eigenvalue weighted by molar-refractivity contribution is 0.259. The summed E-state index contributed by atoms with van der Waals surface area (Å²) >= 11 is 0. The van der Waals surface area contributed by atoms with E-state index in [1.165, 1.54) is 0 Å². The minimum Gasteiger partial charge on any atom is -0.399 e. The van der Waals surface area contributed by atoms with E-state index in [-0.39, 0.29) is 0 Å². The van der Waals surface area contributed by atoms with E-state index >= 15 is 0 Å². The molecule has 2 aromatic carbocycles. The standard InChI is InChI=1S/C7H8N2O.C6H7N/c8-7(10)9-6-4-2-1-3-5-6;7-6-4-2-1-3-5-6/h1-5H,(H3,8,9,10);1-5H,7H2. The molecule has 0 aliphatic heterocycles. The number of anilines is 2. The molecular formula is C13H15N3O. The maximum absolute atomic E-state index is 10.3. The van der Waals surface area contributed by atoms with Crippen molar-refractivity contribution in [3.8, 4) is 0 Å². The number of amides is 2. The van der Waals surface area contributed by atoms with Crippen molar-refractivity contribution in [1.29, 1.82) is 0 Å². The summed E-state index contributed by atoms with van der Waals surface area (Å²) in [6.45, 7) is 0. The predicted molar refractivity (Wildman–Crippen MR) is 70.5 cm³/mol. The van der Waals surface area contributed by atoms with Crippen molar-refractivity contribution in [3.05, 3.63) is 60.7 Å². The topological polar surface area (TPSA) is 81.1 Å². The lowest BCUT2D eigenvalue weighted by Gasteiger charge is -1.97. The van der Waals surface area contributed by atoms with Crippen LogP contribution in [-0.2, 0) is 0 Å². The number of carbonyl (C=O) groups excluding carboxylic acids is 1. The number of benzene rings is 2. The Kier molecular flexibility index (Phi) is 5.10. The van der Waals surface area contributed by atoms with Crippen molar-refractivity contribution in [3.63, 3.8) is 0 Å². The summed E-state index contributed by atoms with van der Waals surface area (Å²) in [5, 5.41) is 2.44. The van der Waals surface area contributed by atoms with Gasteiger partial charge in [0, 0.05) is 11.4 Å². The van der Waals surface area contributed by atoms with E-state index in [9.17, 15) is 4.79 Å². The first-order valence-electron chi connectivity index (χ1n) is 5.10. The number of nitrogens with two attached hydrogens (primary N) is 2. The van der Waals surface area contributed by atoms with E-state index in [1.807, 2.05) is 48.5 Å². The van der Waals surface area contributed by atoms with Crippen LogP contribution in [0.25, 0.3) is 0 Å². The number of nitrogens with one attached hydrogen (secondary N) is 1. The number of urea groups is 1. The Bertz CT molecular complexity index is 443. The van der Waals surface area contributed by atoms with Crippen molar-refractivity contribution in [2.24, 2.45) is 5.73 Å². The number of para-hydroxylation sites is 2. The molecule has 0 spiro atoms. The summed E-state index contributed by atoms with van der Waals surface area (Å²) in [5.41, 5.74) is 11.8. The van der Waals surface area contributed by atoms with Crippen LogP contribution < -0.4 is 16.8 Å². The fourth-order valence-corrected chi connectivity index (χ4v) is 1.12. The highest BCUT2D eigenvalue weighted by Crippen LogP contribution is 2.03. The van der Waals surface area contributed by atoms with Gasteiger partial charge in [-0.3, -0.25) is 0 Å². The van der Waals surface area contributed by atoms with Gasteiger partial charge in [-0.2, -0.15) is 0 Å². The normalized spacial score (nSPS) is 8.71. The molecule has 0 fully saturated rings. The zero-order valence-corrected chi connectivity index (χ0v) is 9.34. The molecule has 0 atom stereocenters. The highest BCUT2D eigenvalue weighted by molar-refractivity contribution is 5.87. The Hall–Kier alpha value is -2.49. The van der Waals surface area contributed by atoms with Crippen LogP contribution in [0.4, 0.5) is 16.2 Å². The zero-order valence-electron chi connectivity index (χ0n) is 9.34. The van der Waals surface area contributed by atoms with Gasteiger partial charge in [-0.05, 0) is 24.3 Å². The second-order valence-electron chi connectivity index (χ2n) is 3.27. The molecule has 2 aromatic rings. The first-order valence-corrected chi connectivity index (χ1v) is 5.10. The second kappa shape index (κ2) is 6.90. The van der Waals surface area contributed by atoms with Gasteiger partial charge < -0.3 is 16.8 Å². The van der Waals surface area contributed by atoms with Crippen LogP contribution in [0, 0.1) is 0 Å². The number of hydrogen-bond donors (Lipinski definition) is 3. The van der Waals surface area contributed by atoms with Crippen molar-refractivity contribution in [2.45, 2.75) is 0 Å². The van der Waals surface area contributed by atoms with E-state index in [0.717, 1.165) is 11.4 Å². The molecule has 17 heavy (non-hydrogen) atoms. The molecule has 0 bridgehead atoms. The van der Waals surface area contributed by atoms with Crippen LogP contribution in [0.1, 0.15) is 0 Å². The smallest absolute Gasteiger partial charge is 0.316 e. The van der Waals surface area contributed by atoms with Crippen LogP contribution in [0.15, 0.2) is 60.7 Å². The molecule has 0 saturated heterocycles. The van der Waals surface area contributed by atoms with Gasteiger partial charge in [0.2, 0.25) is 0 Å². The van der Waals surface area contributed by atoms with Gasteiger partial charge >= 0.3 is 6.03 Å². The summed E-state index contributed by atoms with van der Waals surface area (Å²) in [5.74, 6) is 0. The molecule has 0 aromatic heterocycles. The number of rotatable bonds is 1. The Labute approximate surface area is 100 Å². The number of carbonyl (C=O) groups is 1. The average Bonchev–Trinajstić information content (AvgIpc) is 2.31. The fourth-order valence-electron chi connectivity index (χ4n) is 1.12. The van der Waals surface area contributed by atoms with Crippen LogP contribution in [-0.4, -0.2) is 6.03 Å². The van der Waals surface area contributed by atoms with Crippen molar-refractivity contribution < 1.29 is 4.79 Å². The van der Waals surface area contributed by atoms with Gasteiger partial charge in [0.25, 0.3) is 0 Å². The Morgan fingerprint density at radius 1 is 0.882 bits per heavy atom. The van der Waals surface area contributed by atoms with Gasteiger partial charge in [-0.15, -0.1) is 0 Å². The summed E-state index contributed by atoms with van der Waals surface area (Å²) in [6, 6.07) is 18.0. The SMILES string of the molecule is NC(=O)Nc1ccccc1.Nc1ccccc1. The number of nitrogen functional groups attached to an aromatic ring is 1. The number of primary amides is 1. The van der Waals surface area contributed by atoms with E-state index in [1.54, 1.807) is 12.1 Å².